The van der Waals surface area contributed by atoms with Gasteiger partial charge in [0.05, 0.1) is 24.3 Å². The van der Waals surface area contributed by atoms with E-state index in [1.807, 2.05) is 0 Å². The topological polar surface area (TPSA) is 79.6 Å². The van der Waals surface area contributed by atoms with E-state index >= 15 is 0 Å². The van der Waals surface area contributed by atoms with Gasteiger partial charge in [-0.15, -0.1) is 0 Å². The molecule has 28 heavy (non-hydrogen) atoms. The highest BCUT2D eigenvalue weighted by atomic mass is 32.1. The summed E-state index contributed by atoms with van der Waals surface area (Å²) in [6.45, 7) is 1.79. The number of hydrogen-bond acceptors (Lipinski definition) is 6. The summed E-state index contributed by atoms with van der Waals surface area (Å²) in [6.07, 6.45) is -4.56. The molecule has 0 spiro atoms. The maximum absolute atomic E-state index is 13.0. The molecule has 1 amide bonds. The van der Waals surface area contributed by atoms with Crippen LogP contribution in [0.25, 0.3) is 4.96 Å². The smallest absolute Gasteiger partial charge is 0.324 e. The number of rotatable bonds is 5. The van der Waals surface area contributed by atoms with Crippen molar-refractivity contribution in [1.82, 2.24) is 19.5 Å². The molecule has 0 aliphatic carbocycles. The molecule has 3 rings (SSSR count). The molecular formula is C17H16F3N5O2S. The molecule has 2 aromatic heterocycles. The van der Waals surface area contributed by atoms with E-state index < -0.39 is 17.6 Å². The van der Waals surface area contributed by atoms with Gasteiger partial charge < -0.3 is 5.32 Å². The van der Waals surface area contributed by atoms with Crippen LogP contribution in [0.1, 0.15) is 16.3 Å². The molecule has 0 aliphatic rings. The number of amides is 1. The van der Waals surface area contributed by atoms with Crippen LogP contribution in [0.15, 0.2) is 35.1 Å². The molecule has 0 bridgehead atoms. The number of fused-ring (bicyclic) bond motifs is 1. The Morgan fingerprint density at radius 1 is 1.32 bits per heavy atom. The number of hydrogen-bond donors (Lipinski definition) is 1. The van der Waals surface area contributed by atoms with E-state index in [4.69, 9.17) is 0 Å². The van der Waals surface area contributed by atoms with Gasteiger partial charge in [-0.25, -0.2) is 4.98 Å². The Balaban J connectivity index is 1.67. The van der Waals surface area contributed by atoms with Crippen LogP contribution < -0.4 is 10.9 Å². The highest BCUT2D eigenvalue weighted by Crippen LogP contribution is 2.34. The number of likely N-dealkylation sites (N-methyl/N-ethyl adjacent to an activating group) is 1. The van der Waals surface area contributed by atoms with Gasteiger partial charge >= 0.3 is 6.18 Å². The fourth-order valence-electron chi connectivity index (χ4n) is 2.58. The van der Waals surface area contributed by atoms with Crippen LogP contribution in [0.4, 0.5) is 18.9 Å². The SMILES string of the molecule is Cc1cc(=O)n2nc(CN(C)CC(=O)Nc3ccccc3C(F)(F)F)sc2n1. The van der Waals surface area contributed by atoms with Gasteiger partial charge in [0.1, 0.15) is 5.01 Å². The zero-order valence-electron chi connectivity index (χ0n) is 14.9. The molecular weight excluding hydrogens is 395 g/mol. The van der Waals surface area contributed by atoms with Crippen LogP contribution >= 0.6 is 11.3 Å². The van der Waals surface area contributed by atoms with Crippen molar-refractivity contribution in [3.8, 4) is 0 Å². The maximum atomic E-state index is 13.0. The number of benzene rings is 1. The highest BCUT2D eigenvalue weighted by Gasteiger charge is 2.33. The van der Waals surface area contributed by atoms with E-state index in [-0.39, 0.29) is 24.3 Å². The Kier molecular flexibility index (Phi) is 5.47. The van der Waals surface area contributed by atoms with Gasteiger partial charge in [0.2, 0.25) is 10.9 Å². The first-order valence-electron chi connectivity index (χ1n) is 8.14. The third kappa shape index (κ3) is 4.54. The number of aromatic nitrogens is 3. The first-order valence-corrected chi connectivity index (χ1v) is 8.96. The second kappa shape index (κ2) is 7.68. The fraction of sp³-hybridized carbons (Fsp3) is 0.294. The predicted molar refractivity (Wildman–Crippen MR) is 98.3 cm³/mol. The summed E-state index contributed by atoms with van der Waals surface area (Å²) < 4.78 is 40.2. The number of alkyl halides is 3. The van der Waals surface area contributed by atoms with Gasteiger partial charge in [0.15, 0.2) is 0 Å². The minimum atomic E-state index is -4.56. The first-order chi connectivity index (χ1) is 13.1. The number of halogens is 3. The van der Waals surface area contributed by atoms with Crippen molar-refractivity contribution >= 4 is 27.9 Å². The molecule has 0 unspecified atom stereocenters. The normalized spacial score (nSPS) is 11.9. The second-order valence-corrected chi connectivity index (χ2v) is 7.23. The van der Waals surface area contributed by atoms with Crippen molar-refractivity contribution in [2.45, 2.75) is 19.6 Å². The largest absolute Gasteiger partial charge is 0.418 e. The van der Waals surface area contributed by atoms with Crippen molar-refractivity contribution in [1.29, 1.82) is 0 Å². The summed E-state index contributed by atoms with van der Waals surface area (Å²) >= 11 is 1.21. The van der Waals surface area contributed by atoms with Gasteiger partial charge in [-0.3, -0.25) is 14.5 Å². The molecule has 148 valence electrons. The number of carbonyl (C=O) groups is 1. The van der Waals surface area contributed by atoms with Crippen LogP contribution in [-0.4, -0.2) is 39.0 Å². The van der Waals surface area contributed by atoms with Crippen LogP contribution in [0.2, 0.25) is 0 Å². The lowest BCUT2D eigenvalue weighted by atomic mass is 10.1. The number of aryl methyl sites for hydroxylation is 1. The number of nitrogens with one attached hydrogen (secondary N) is 1. The van der Waals surface area contributed by atoms with E-state index in [1.165, 1.54) is 40.1 Å². The van der Waals surface area contributed by atoms with Gasteiger partial charge in [0, 0.05) is 11.8 Å². The molecule has 11 heteroatoms. The monoisotopic (exact) mass is 411 g/mol. The van der Waals surface area contributed by atoms with E-state index in [9.17, 15) is 22.8 Å². The zero-order valence-corrected chi connectivity index (χ0v) is 15.8. The summed E-state index contributed by atoms with van der Waals surface area (Å²) in [6, 6.07) is 6.16. The van der Waals surface area contributed by atoms with Gasteiger partial charge in [-0.05, 0) is 26.1 Å². The molecule has 0 atom stereocenters. The van der Waals surface area contributed by atoms with Crippen molar-refractivity contribution in [2.24, 2.45) is 0 Å². The number of anilines is 1. The number of carbonyl (C=O) groups excluding carboxylic acids is 1. The average molecular weight is 411 g/mol. The molecule has 1 N–H and O–H groups in total. The number of para-hydroxylation sites is 1. The Hall–Kier alpha value is -2.79. The van der Waals surface area contributed by atoms with Crippen molar-refractivity contribution in [3.05, 3.63) is 57.0 Å². The second-order valence-electron chi connectivity index (χ2n) is 6.19. The Labute approximate surface area is 161 Å². The lowest BCUT2D eigenvalue weighted by molar-refractivity contribution is -0.137. The summed E-state index contributed by atoms with van der Waals surface area (Å²) in [4.78, 5) is 30.3. The van der Waals surface area contributed by atoms with E-state index in [1.54, 1.807) is 18.9 Å². The Bertz CT molecular complexity index is 1080. The first kappa shape index (κ1) is 20.0. The third-order valence-electron chi connectivity index (χ3n) is 3.74. The predicted octanol–water partition coefficient (Wildman–Crippen LogP) is 2.55. The van der Waals surface area contributed by atoms with Crippen molar-refractivity contribution in [3.63, 3.8) is 0 Å². The summed E-state index contributed by atoms with van der Waals surface area (Å²) in [7, 11) is 1.63. The van der Waals surface area contributed by atoms with Crippen molar-refractivity contribution < 1.29 is 18.0 Å². The third-order valence-corrected chi connectivity index (χ3v) is 4.63. The van der Waals surface area contributed by atoms with Crippen LogP contribution in [0.5, 0.6) is 0 Å². The Morgan fingerprint density at radius 3 is 2.75 bits per heavy atom. The molecule has 7 nitrogen and oxygen atoms in total. The lowest BCUT2D eigenvalue weighted by Crippen LogP contribution is -2.30. The zero-order chi connectivity index (χ0) is 20.5. The van der Waals surface area contributed by atoms with Crippen LogP contribution in [0.3, 0.4) is 0 Å². The number of nitrogens with zero attached hydrogens (tertiary/aromatic N) is 4. The molecule has 3 aromatic rings. The van der Waals surface area contributed by atoms with E-state index in [0.717, 1.165) is 6.07 Å². The van der Waals surface area contributed by atoms with Crippen LogP contribution in [-0.2, 0) is 17.5 Å². The van der Waals surface area contributed by atoms with Crippen molar-refractivity contribution in [2.75, 3.05) is 18.9 Å². The Morgan fingerprint density at radius 2 is 2.04 bits per heavy atom. The van der Waals surface area contributed by atoms with E-state index in [2.05, 4.69) is 15.4 Å². The summed E-state index contributed by atoms with van der Waals surface area (Å²) in [5.74, 6) is -0.591. The van der Waals surface area contributed by atoms with E-state index in [0.29, 0.717) is 15.7 Å². The quantitative estimate of drug-likeness (QED) is 0.698. The summed E-state index contributed by atoms with van der Waals surface area (Å²) in [5, 5.41) is 7.02. The molecule has 0 saturated carbocycles. The van der Waals surface area contributed by atoms with Crippen LogP contribution in [0, 0.1) is 6.92 Å². The fourth-order valence-corrected chi connectivity index (χ4v) is 3.61. The van der Waals surface area contributed by atoms with Gasteiger partial charge in [-0.1, -0.05) is 23.5 Å². The standard InChI is InChI=1S/C17H16F3N5O2S/c1-10-7-15(27)25-16(21-10)28-14(23-25)9-24(2)8-13(26)22-12-6-4-3-5-11(12)17(18,19)20/h3-7H,8-9H2,1-2H3,(H,22,26). The minimum absolute atomic E-state index is 0.149. The summed E-state index contributed by atoms with van der Waals surface area (Å²) in [5.41, 5.74) is -0.914. The molecule has 0 fully saturated rings. The molecule has 0 radical (unpaired) electrons. The van der Waals surface area contributed by atoms with Gasteiger partial charge in [0.25, 0.3) is 5.56 Å². The molecule has 0 aliphatic heterocycles. The van der Waals surface area contributed by atoms with Gasteiger partial charge in [-0.2, -0.15) is 22.8 Å². The highest BCUT2D eigenvalue weighted by molar-refractivity contribution is 7.16. The molecule has 1 aromatic carbocycles. The molecule has 2 heterocycles. The minimum Gasteiger partial charge on any atom is -0.324 e. The molecule has 0 saturated heterocycles. The lowest BCUT2D eigenvalue weighted by Gasteiger charge is -2.17. The average Bonchev–Trinajstić information content (AvgIpc) is 2.96. The maximum Gasteiger partial charge on any atom is 0.418 e.